The molecule has 68 heavy (non-hydrogen) atoms. The second-order valence-electron chi connectivity index (χ2n) is 16.6. The lowest BCUT2D eigenvalue weighted by atomic mass is 10.1. The average Bonchev–Trinajstić information content (AvgIpc) is 4.14. The zero-order valence-corrected chi connectivity index (χ0v) is 37.9. The van der Waals surface area contributed by atoms with E-state index >= 15 is 0 Å². The molecule has 8 N–H and O–H groups in total. The predicted octanol–water partition coefficient (Wildman–Crippen LogP) is 2.29. The highest BCUT2D eigenvalue weighted by Crippen LogP contribution is 2.34. The molecule has 22 nitrogen and oxygen atoms in total. The second-order valence-corrected chi connectivity index (χ2v) is 16.6. The van der Waals surface area contributed by atoms with Crippen LogP contribution < -0.4 is 0 Å². The van der Waals surface area contributed by atoms with Gasteiger partial charge < -0.3 is 88.2 Å². The lowest BCUT2D eigenvalue weighted by Crippen LogP contribution is -2.32. The van der Waals surface area contributed by atoms with Crippen LogP contribution in [0.3, 0.4) is 0 Å². The van der Waals surface area contributed by atoms with E-state index in [1.807, 2.05) is 81.4 Å². The maximum Gasteiger partial charge on any atom is 0.377 e. The molecule has 8 atom stereocenters. The molecule has 0 aromatic heterocycles. The van der Waals surface area contributed by atoms with Crippen LogP contribution in [0, 0.1) is 0 Å². The Labute approximate surface area is 389 Å². The molecule has 0 spiro atoms. The highest BCUT2D eigenvalue weighted by atomic mass is 16.8. The van der Waals surface area contributed by atoms with Crippen molar-refractivity contribution in [3.63, 3.8) is 0 Å². The van der Waals surface area contributed by atoms with Crippen LogP contribution >= 0.6 is 0 Å². The molecule has 2 aromatic carbocycles. The molecule has 2 aromatic rings. The number of cyclic esters (lactones) is 4. The second kappa shape index (κ2) is 22.7. The van der Waals surface area contributed by atoms with Crippen LogP contribution in [0.4, 0.5) is 0 Å². The Balaban J connectivity index is 0.000000174. The molecule has 372 valence electrons. The zero-order valence-electron chi connectivity index (χ0n) is 37.9. The van der Waals surface area contributed by atoms with E-state index in [1.54, 1.807) is 20.8 Å². The van der Waals surface area contributed by atoms with Crippen molar-refractivity contribution in [2.24, 2.45) is 0 Å². The lowest BCUT2D eigenvalue weighted by molar-refractivity contribution is -0.163. The third kappa shape index (κ3) is 13.0. The number of aliphatic hydroxyl groups excluding tert-OH is 8. The third-order valence-corrected chi connectivity index (χ3v) is 10.5. The fourth-order valence-corrected chi connectivity index (χ4v) is 6.99. The van der Waals surface area contributed by atoms with Gasteiger partial charge in [-0.05, 0) is 52.7 Å². The average molecular weight is 961 g/mol. The number of benzene rings is 2. The molecule has 22 heteroatoms. The monoisotopic (exact) mass is 960 g/mol. The summed E-state index contributed by atoms with van der Waals surface area (Å²) in [4.78, 5) is 45.1. The third-order valence-electron chi connectivity index (χ3n) is 10.5. The van der Waals surface area contributed by atoms with Gasteiger partial charge in [0.15, 0.2) is 47.5 Å². The smallest absolute Gasteiger partial charge is 0.377 e. The van der Waals surface area contributed by atoms with Crippen molar-refractivity contribution in [1.82, 2.24) is 0 Å². The maximum absolute atomic E-state index is 12.0. The molecule has 0 aliphatic carbocycles. The normalized spacial score (nSPS) is 26.7. The van der Waals surface area contributed by atoms with Crippen LogP contribution in [-0.2, 0) is 79.8 Å². The summed E-state index contributed by atoms with van der Waals surface area (Å²) in [6.07, 6.45) is -7.03. The number of esters is 4. The molecule has 2 fully saturated rings. The summed E-state index contributed by atoms with van der Waals surface area (Å²) < 4.78 is 52.5. The van der Waals surface area contributed by atoms with Crippen molar-refractivity contribution >= 4 is 23.9 Å². The van der Waals surface area contributed by atoms with Crippen molar-refractivity contribution in [1.29, 1.82) is 0 Å². The minimum atomic E-state index is -1.42. The number of hydrogen-bond donors (Lipinski definition) is 8. The first-order chi connectivity index (χ1) is 32.1. The van der Waals surface area contributed by atoms with Gasteiger partial charge >= 0.3 is 23.9 Å². The van der Waals surface area contributed by atoms with Crippen LogP contribution in [0.5, 0.6) is 0 Å². The van der Waals surface area contributed by atoms with Crippen LogP contribution in [0.15, 0.2) is 106 Å². The van der Waals surface area contributed by atoms with E-state index in [0.717, 1.165) is 16.7 Å². The van der Waals surface area contributed by atoms with Gasteiger partial charge in [0.25, 0.3) is 0 Å². The van der Waals surface area contributed by atoms with Crippen molar-refractivity contribution in [2.75, 3.05) is 26.4 Å². The molecular formula is C46H56O22. The topological polar surface area (TPSA) is 322 Å². The minimum absolute atomic E-state index is 0.112. The molecule has 0 bridgehead atoms. The first-order valence-electron chi connectivity index (χ1n) is 21.1. The Morgan fingerprint density at radius 2 is 0.956 bits per heavy atom. The fraction of sp³-hybridized carbons (Fsp3) is 0.478. The standard InChI is InChI=1S/C17H20O5.C14H16O5.C9H12O6.C6H8O6/c1-11-14(13-10-20-17(2,3)22-13)21-16(18)15(11)19-9-12-7-5-4-6-8-12;1-9-12(11(16)7-15)19-14(17)13(9)18-8-10-5-3-2-4-6-10;1-9(2)13-3-4(15-9)7-5(10)6(11)8(12)14-7;7-1-2(8)5-3(9)4(10)6(11)12-5/h4-8,13-14H,9-10H2,1-3H3;2-6,11-12,15-16H,7-8H2,1H3;4,7,10-11H,3H2,1-2H3;2,5,7-10H,1H2. The van der Waals surface area contributed by atoms with E-state index in [4.69, 9.17) is 73.3 Å². The highest BCUT2D eigenvalue weighted by molar-refractivity contribution is 5.91. The fourth-order valence-electron chi connectivity index (χ4n) is 6.99. The van der Waals surface area contributed by atoms with Crippen molar-refractivity contribution in [3.8, 4) is 0 Å². The summed E-state index contributed by atoms with van der Waals surface area (Å²) in [6.45, 7) is 10.6. The molecule has 0 amide bonds. The zero-order chi connectivity index (χ0) is 50.1. The van der Waals surface area contributed by atoms with Crippen LogP contribution in [0.1, 0.15) is 52.7 Å². The van der Waals surface area contributed by atoms with Gasteiger partial charge in [-0.1, -0.05) is 60.7 Å². The largest absolute Gasteiger partial charge is 0.505 e. The Morgan fingerprint density at radius 3 is 1.37 bits per heavy atom. The summed E-state index contributed by atoms with van der Waals surface area (Å²) >= 11 is 0. The van der Waals surface area contributed by atoms with Gasteiger partial charge in [-0.2, -0.15) is 0 Å². The number of carbonyl (C=O) groups excluding carboxylic acids is 4. The van der Waals surface area contributed by atoms with Gasteiger partial charge in [-0.15, -0.1) is 0 Å². The van der Waals surface area contributed by atoms with E-state index < -0.39 is 114 Å². The number of hydrogen-bond acceptors (Lipinski definition) is 22. The molecule has 6 heterocycles. The predicted molar refractivity (Wildman–Crippen MR) is 228 cm³/mol. The van der Waals surface area contributed by atoms with Crippen molar-refractivity contribution in [2.45, 2.75) is 115 Å². The van der Waals surface area contributed by atoms with Gasteiger partial charge in [0.05, 0.1) is 26.4 Å². The SMILES string of the molecule is CC1(C)OCC(C2OC(=O)C(O)=C2O)O1.CC1=C(OCc2ccccc2)C(=O)OC1C(O)CO.CC1=C(OCc2ccccc2)C(=O)OC1C1COC(C)(C)O1.O=C1OC(C(O)CO)C(O)=C1O. The van der Waals surface area contributed by atoms with E-state index in [-0.39, 0.29) is 30.8 Å². The van der Waals surface area contributed by atoms with E-state index in [9.17, 15) is 29.4 Å². The molecule has 6 aliphatic rings. The highest BCUT2D eigenvalue weighted by Gasteiger charge is 2.47. The number of carbonyl (C=O) groups is 4. The van der Waals surface area contributed by atoms with Crippen molar-refractivity contribution < 1.29 is 107 Å². The summed E-state index contributed by atoms with van der Waals surface area (Å²) in [7, 11) is 0. The quantitative estimate of drug-likeness (QED) is 0.112. The van der Waals surface area contributed by atoms with Gasteiger partial charge in [-0.3, -0.25) is 0 Å². The molecular weight excluding hydrogens is 904 g/mol. The summed E-state index contributed by atoms with van der Waals surface area (Å²) in [5, 5.41) is 72.0. The Kier molecular flexibility index (Phi) is 17.6. The molecule has 6 aliphatic heterocycles. The molecule has 8 rings (SSSR count). The summed E-state index contributed by atoms with van der Waals surface area (Å²) in [6, 6.07) is 19.1. The molecule has 2 saturated heterocycles. The number of aliphatic hydroxyl groups is 8. The van der Waals surface area contributed by atoms with Crippen LogP contribution in [-0.4, -0.2) is 152 Å². The van der Waals surface area contributed by atoms with E-state index in [1.165, 1.54) is 0 Å². The van der Waals surface area contributed by atoms with Gasteiger partial charge in [0.2, 0.25) is 23.0 Å². The van der Waals surface area contributed by atoms with E-state index in [0.29, 0.717) is 18.8 Å². The van der Waals surface area contributed by atoms with Crippen LogP contribution in [0.25, 0.3) is 0 Å². The molecule has 0 saturated carbocycles. The lowest BCUT2D eigenvalue weighted by Gasteiger charge is -2.20. The molecule has 8 unspecified atom stereocenters. The van der Waals surface area contributed by atoms with Crippen LogP contribution in [0.2, 0.25) is 0 Å². The van der Waals surface area contributed by atoms with Gasteiger partial charge in [-0.25, -0.2) is 19.2 Å². The maximum atomic E-state index is 12.0. The Hall–Kier alpha value is -6.24. The summed E-state index contributed by atoms with van der Waals surface area (Å²) in [5.41, 5.74) is 3.19. The minimum Gasteiger partial charge on any atom is -0.505 e. The van der Waals surface area contributed by atoms with Crippen molar-refractivity contribution in [3.05, 3.63) is 117 Å². The first kappa shape index (κ1) is 52.7. The number of ether oxygens (including phenoxy) is 10. The Bertz CT molecular complexity index is 2250. The Morgan fingerprint density at radius 1 is 0.559 bits per heavy atom. The first-order valence-corrected chi connectivity index (χ1v) is 21.1. The van der Waals surface area contributed by atoms with Gasteiger partial charge in [0.1, 0.15) is 37.6 Å². The van der Waals surface area contributed by atoms with Gasteiger partial charge in [0, 0.05) is 11.1 Å². The summed E-state index contributed by atoms with van der Waals surface area (Å²) in [5.74, 6) is -7.04. The molecule has 0 radical (unpaired) electrons. The number of rotatable bonds is 12. The van der Waals surface area contributed by atoms with E-state index in [2.05, 4.69) is 4.74 Å².